The van der Waals surface area contributed by atoms with Gasteiger partial charge in [-0.25, -0.2) is 0 Å². The van der Waals surface area contributed by atoms with Gasteiger partial charge in [0.05, 0.1) is 0 Å². The Morgan fingerprint density at radius 2 is 2.10 bits per heavy atom. The quantitative estimate of drug-likeness (QED) is 0.441. The van der Waals surface area contributed by atoms with Crippen LogP contribution in [0.2, 0.25) is 0 Å². The first-order chi connectivity index (χ1) is 4.91. The summed E-state index contributed by atoms with van der Waals surface area (Å²) in [4.78, 5) is 3.91. The van der Waals surface area contributed by atoms with Gasteiger partial charge in [0.25, 0.3) is 0 Å². The summed E-state index contributed by atoms with van der Waals surface area (Å²) in [5.74, 6) is 0. The highest BCUT2D eigenvalue weighted by Crippen LogP contribution is 1.95. The van der Waals surface area contributed by atoms with Crippen molar-refractivity contribution < 1.29 is 0 Å². The molecule has 0 aliphatic carbocycles. The molecule has 0 aliphatic heterocycles. The molecule has 0 aromatic rings. The van der Waals surface area contributed by atoms with E-state index in [4.69, 9.17) is 0 Å². The fourth-order valence-electron chi connectivity index (χ4n) is 0.843. The monoisotopic (exact) mass is 142 g/mol. The van der Waals surface area contributed by atoms with E-state index in [1.807, 2.05) is 20.3 Å². The van der Waals surface area contributed by atoms with E-state index in [2.05, 4.69) is 10.3 Å². The van der Waals surface area contributed by atoms with E-state index in [1.54, 1.807) is 0 Å². The second-order valence-electron chi connectivity index (χ2n) is 2.39. The van der Waals surface area contributed by atoms with Crippen LogP contribution in [0.25, 0.3) is 0 Å². The van der Waals surface area contributed by atoms with Gasteiger partial charge in [0.2, 0.25) is 0 Å². The summed E-state index contributed by atoms with van der Waals surface area (Å²) < 4.78 is 0. The van der Waals surface area contributed by atoms with E-state index in [-0.39, 0.29) is 0 Å². The van der Waals surface area contributed by atoms with E-state index in [9.17, 15) is 0 Å². The maximum absolute atomic E-state index is 3.91. The Morgan fingerprint density at radius 1 is 1.30 bits per heavy atom. The molecule has 0 fully saturated rings. The van der Waals surface area contributed by atoms with Crippen molar-refractivity contribution in [3.63, 3.8) is 0 Å². The molecule has 0 saturated heterocycles. The van der Waals surface area contributed by atoms with Gasteiger partial charge < -0.3 is 10.3 Å². The summed E-state index contributed by atoms with van der Waals surface area (Å²) in [5, 5.41) is 3.12. The summed E-state index contributed by atoms with van der Waals surface area (Å²) in [6, 6.07) is 0. The summed E-state index contributed by atoms with van der Waals surface area (Å²) in [7, 11) is 3.82. The summed E-state index contributed by atoms with van der Waals surface area (Å²) >= 11 is 0. The van der Waals surface area contributed by atoms with E-state index in [0.717, 1.165) is 13.0 Å². The van der Waals surface area contributed by atoms with E-state index in [1.165, 1.54) is 19.3 Å². The zero-order valence-corrected chi connectivity index (χ0v) is 7.06. The number of unbranched alkanes of at least 4 members (excludes halogenated alkanes) is 3. The third-order valence-corrected chi connectivity index (χ3v) is 1.44. The second kappa shape index (κ2) is 8.63. The van der Waals surface area contributed by atoms with Crippen LogP contribution < -0.4 is 5.32 Å². The first kappa shape index (κ1) is 9.63. The van der Waals surface area contributed by atoms with Gasteiger partial charge in [-0.3, -0.25) is 0 Å². The van der Waals surface area contributed by atoms with Crippen molar-refractivity contribution in [2.45, 2.75) is 25.7 Å². The Labute approximate surface area is 63.7 Å². The molecule has 0 rings (SSSR count). The highest BCUT2D eigenvalue weighted by atomic mass is 14.8. The summed E-state index contributed by atoms with van der Waals surface area (Å²) in [6.07, 6.45) is 7.00. The minimum atomic E-state index is 1.14. The summed E-state index contributed by atoms with van der Waals surface area (Å²) in [5.41, 5.74) is 0. The van der Waals surface area contributed by atoms with Crippen molar-refractivity contribution >= 4 is 6.21 Å². The highest BCUT2D eigenvalue weighted by Gasteiger charge is 1.84. The molecular formula is C8H18N2. The molecule has 0 heterocycles. The number of rotatable bonds is 6. The third kappa shape index (κ3) is 7.63. The summed E-state index contributed by atoms with van der Waals surface area (Å²) in [6.45, 7) is 1.14. The van der Waals surface area contributed by atoms with Crippen molar-refractivity contribution in [1.82, 2.24) is 5.32 Å². The lowest BCUT2D eigenvalue weighted by Gasteiger charge is -1.96. The highest BCUT2D eigenvalue weighted by molar-refractivity contribution is 5.56. The zero-order valence-electron chi connectivity index (χ0n) is 7.06. The number of hydrogen-bond donors (Lipinski definition) is 1. The molecule has 60 valence electrons. The number of nitrogens with one attached hydrogen (secondary N) is 1. The Morgan fingerprint density at radius 3 is 2.70 bits per heavy atom. The Bertz CT molecular complexity index is 79.3. The Kier molecular flexibility index (Phi) is 8.31. The topological polar surface area (TPSA) is 24.4 Å². The van der Waals surface area contributed by atoms with Crippen LogP contribution in [0, 0.1) is 0 Å². The van der Waals surface area contributed by atoms with Crippen LogP contribution in [0.5, 0.6) is 0 Å². The predicted molar refractivity (Wildman–Crippen MR) is 46.8 cm³/mol. The Hall–Kier alpha value is -0.370. The molecule has 0 aliphatic rings. The van der Waals surface area contributed by atoms with Gasteiger partial charge in [0, 0.05) is 7.05 Å². The zero-order chi connectivity index (χ0) is 7.66. The average molecular weight is 142 g/mol. The second-order valence-corrected chi connectivity index (χ2v) is 2.39. The molecule has 0 bridgehead atoms. The number of nitrogens with zero attached hydrogens (tertiary/aromatic N) is 1. The minimum absolute atomic E-state index is 1.14. The molecule has 0 saturated carbocycles. The van der Waals surface area contributed by atoms with Gasteiger partial charge in [-0.2, -0.15) is 0 Å². The van der Waals surface area contributed by atoms with Gasteiger partial charge in [0.15, 0.2) is 0 Å². The van der Waals surface area contributed by atoms with Crippen molar-refractivity contribution in [3.8, 4) is 0 Å². The lowest BCUT2D eigenvalue weighted by Crippen LogP contribution is -2.06. The van der Waals surface area contributed by atoms with Gasteiger partial charge in [-0.1, -0.05) is 6.42 Å². The minimum Gasteiger partial charge on any atom is -0.320 e. The molecular weight excluding hydrogens is 124 g/mol. The maximum atomic E-state index is 3.91. The van der Waals surface area contributed by atoms with Crippen LogP contribution in [-0.2, 0) is 0 Å². The lowest BCUT2D eigenvalue weighted by molar-refractivity contribution is 0.655. The standard InChI is InChI=1S/C8H18N2/c1-9-7-5-3-4-6-8-10-2/h7,10H,3-6,8H2,1-2H3. The molecule has 0 atom stereocenters. The SMILES string of the molecule is CN=CCCCCCNC. The molecule has 0 aromatic carbocycles. The molecule has 2 nitrogen and oxygen atoms in total. The van der Waals surface area contributed by atoms with Crippen molar-refractivity contribution in [3.05, 3.63) is 0 Å². The smallest absolute Gasteiger partial charge is 0.0273 e. The van der Waals surface area contributed by atoms with Gasteiger partial charge >= 0.3 is 0 Å². The van der Waals surface area contributed by atoms with Crippen LogP contribution in [0.3, 0.4) is 0 Å². The van der Waals surface area contributed by atoms with Crippen molar-refractivity contribution in [1.29, 1.82) is 0 Å². The fraction of sp³-hybridized carbons (Fsp3) is 0.875. The molecule has 0 radical (unpaired) electrons. The number of hydrogen-bond acceptors (Lipinski definition) is 2. The molecule has 2 heteroatoms. The van der Waals surface area contributed by atoms with E-state index < -0.39 is 0 Å². The van der Waals surface area contributed by atoms with Gasteiger partial charge in [0.1, 0.15) is 0 Å². The fourth-order valence-corrected chi connectivity index (χ4v) is 0.843. The first-order valence-corrected chi connectivity index (χ1v) is 3.97. The van der Waals surface area contributed by atoms with Crippen LogP contribution in [0.4, 0.5) is 0 Å². The van der Waals surface area contributed by atoms with E-state index in [0.29, 0.717) is 0 Å². The maximum Gasteiger partial charge on any atom is 0.0273 e. The molecule has 0 unspecified atom stereocenters. The number of aliphatic imine (C=N–C) groups is 1. The van der Waals surface area contributed by atoms with E-state index >= 15 is 0 Å². The van der Waals surface area contributed by atoms with Crippen molar-refractivity contribution in [2.75, 3.05) is 20.6 Å². The normalized spacial score (nSPS) is 11.0. The van der Waals surface area contributed by atoms with Crippen LogP contribution >= 0.6 is 0 Å². The molecule has 1 N–H and O–H groups in total. The molecule has 0 aromatic heterocycles. The van der Waals surface area contributed by atoms with Crippen LogP contribution in [0.15, 0.2) is 4.99 Å². The predicted octanol–water partition coefficient (Wildman–Crippen LogP) is 1.47. The van der Waals surface area contributed by atoms with Crippen molar-refractivity contribution in [2.24, 2.45) is 4.99 Å². The van der Waals surface area contributed by atoms with Gasteiger partial charge in [-0.15, -0.1) is 0 Å². The molecule has 10 heavy (non-hydrogen) atoms. The first-order valence-electron chi connectivity index (χ1n) is 3.97. The van der Waals surface area contributed by atoms with Crippen LogP contribution in [0.1, 0.15) is 25.7 Å². The molecule has 0 amide bonds. The lowest BCUT2D eigenvalue weighted by atomic mass is 10.2. The third-order valence-electron chi connectivity index (χ3n) is 1.44. The Balaban J connectivity index is 2.77. The molecule has 0 spiro atoms. The average Bonchev–Trinajstić information content (AvgIpc) is 1.97. The van der Waals surface area contributed by atoms with Gasteiger partial charge in [-0.05, 0) is 39.1 Å². The largest absolute Gasteiger partial charge is 0.320 e. The van der Waals surface area contributed by atoms with Crippen LogP contribution in [-0.4, -0.2) is 26.9 Å².